The Morgan fingerprint density at radius 2 is 1.68 bits per heavy atom. The molecular weight excluding hydrogens is 438 g/mol. The Bertz CT molecular complexity index is 1290. The lowest BCUT2D eigenvalue weighted by molar-refractivity contribution is -0.131. The van der Waals surface area contributed by atoms with Crippen LogP contribution in [0.15, 0.2) is 59.5 Å². The van der Waals surface area contributed by atoms with Crippen molar-refractivity contribution in [2.45, 2.75) is 18.7 Å². The number of aryl methyl sites for hydroxylation is 2. The molecule has 0 atom stereocenters. The summed E-state index contributed by atoms with van der Waals surface area (Å²) in [5.41, 5.74) is 2.81. The molecule has 2 aromatic carbocycles. The van der Waals surface area contributed by atoms with Crippen molar-refractivity contribution >= 4 is 45.1 Å². The average Bonchev–Trinajstić information content (AvgIpc) is 3.09. The molecule has 3 N–H and O–H groups in total. The average molecular weight is 458 g/mol. The fourth-order valence-electron chi connectivity index (χ4n) is 2.99. The minimum atomic E-state index is -3.98. The van der Waals surface area contributed by atoms with Crippen LogP contribution in [0.5, 0.6) is 0 Å². The van der Waals surface area contributed by atoms with E-state index in [1.807, 2.05) is 6.92 Å². The van der Waals surface area contributed by atoms with E-state index >= 15 is 0 Å². The second kappa shape index (κ2) is 8.75. The zero-order chi connectivity index (χ0) is 22.8. The van der Waals surface area contributed by atoms with Crippen molar-refractivity contribution in [3.05, 3.63) is 76.2 Å². The maximum Gasteiger partial charge on any atom is 0.348 e. The molecule has 0 aliphatic heterocycles. The Morgan fingerprint density at radius 1 is 1.00 bits per heavy atom. The van der Waals surface area contributed by atoms with Gasteiger partial charge in [0.2, 0.25) is 0 Å². The first-order valence-corrected chi connectivity index (χ1v) is 11.4. The molecule has 0 saturated carbocycles. The predicted octanol–water partition coefficient (Wildman–Crippen LogP) is 4.63. The van der Waals surface area contributed by atoms with Crippen LogP contribution in [0.4, 0.5) is 5.69 Å². The molecule has 160 valence electrons. The van der Waals surface area contributed by atoms with Crippen LogP contribution < -0.4 is 4.72 Å². The minimum Gasteiger partial charge on any atom is -0.478 e. The molecule has 0 saturated heterocycles. The van der Waals surface area contributed by atoms with Gasteiger partial charge in [0.25, 0.3) is 10.0 Å². The number of aromatic carboxylic acids is 1. The van der Waals surface area contributed by atoms with Crippen molar-refractivity contribution in [1.82, 2.24) is 0 Å². The third-order valence-corrected chi connectivity index (χ3v) is 7.10. The first kappa shape index (κ1) is 22.3. The third kappa shape index (κ3) is 5.19. The van der Waals surface area contributed by atoms with Gasteiger partial charge in [-0.15, -0.1) is 11.3 Å². The van der Waals surface area contributed by atoms with Crippen LogP contribution in [0.25, 0.3) is 16.5 Å². The highest BCUT2D eigenvalue weighted by molar-refractivity contribution is 7.92. The smallest absolute Gasteiger partial charge is 0.348 e. The van der Waals surface area contributed by atoms with Gasteiger partial charge in [-0.25, -0.2) is 18.0 Å². The fourth-order valence-corrected chi connectivity index (χ4v) is 5.31. The van der Waals surface area contributed by atoms with E-state index in [4.69, 9.17) is 5.11 Å². The van der Waals surface area contributed by atoms with Crippen molar-refractivity contribution in [3.63, 3.8) is 0 Å². The second-order valence-corrected chi connectivity index (χ2v) is 9.53. The molecule has 31 heavy (non-hydrogen) atoms. The molecule has 0 unspecified atom stereocenters. The van der Waals surface area contributed by atoms with E-state index in [0.717, 1.165) is 23.0 Å². The summed E-state index contributed by atoms with van der Waals surface area (Å²) < 4.78 is 28.1. The van der Waals surface area contributed by atoms with Gasteiger partial charge in [-0.3, -0.25) is 4.72 Å². The normalized spacial score (nSPS) is 11.5. The Morgan fingerprint density at radius 3 is 2.26 bits per heavy atom. The van der Waals surface area contributed by atoms with Gasteiger partial charge >= 0.3 is 11.9 Å². The highest BCUT2D eigenvalue weighted by Gasteiger charge is 2.23. The SMILES string of the molecule is Cc1ccc(S(=O)(=O)Nc2cc(-c3ccc(C=CC(=O)O)cc3)sc2C(=O)O)c(C)c1. The molecule has 1 heterocycles. The van der Waals surface area contributed by atoms with Gasteiger partial charge < -0.3 is 10.2 Å². The molecule has 3 aromatic rings. The highest BCUT2D eigenvalue weighted by atomic mass is 32.2. The van der Waals surface area contributed by atoms with Gasteiger partial charge in [0, 0.05) is 11.0 Å². The lowest BCUT2D eigenvalue weighted by atomic mass is 10.1. The number of carboxylic acid groups (broad SMARTS) is 2. The van der Waals surface area contributed by atoms with Crippen LogP contribution >= 0.6 is 11.3 Å². The summed E-state index contributed by atoms with van der Waals surface area (Å²) in [5.74, 6) is -2.30. The maximum atomic E-state index is 12.9. The number of anilines is 1. The molecule has 0 aliphatic rings. The number of aliphatic carboxylic acids is 1. The summed E-state index contributed by atoms with van der Waals surface area (Å²) in [7, 11) is -3.98. The number of carboxylic acids is 2. The molecule has 0 fully saturated rings. The molecule has 3 rings (SSSR count). The van der Waals surface area contributed by atoms with Crippen LogP contribution in [0.3, 0.4) is 0 Å². The number of benzene rings is 2. The van der Waals surface area contributed by atoms with Crippen LogP contribution in [0, 0.1) is 13.8 Å². The van der Waals surface area contributed by atoms with Crippen LogP contribution in [0.2, 0.25) is 0 Å². The van der Waals surface area contributed by atoms with Crippen molar-refractivity contribution < 1.29 is 28.2 Å². The Balaban J connectivity index is 1.95. The van der Waals surface area contributed by atoms with E-state index in [2.05, 4.69) is 4.72 Å². The second-order valence-electron chi connectivity index (χ2n) is 6.83. The summed E-state index contributed by atoms with van der Waals surface area (Å²) in [5, 5.41) is 18.3. The number of nitrogens with one attached hydrogen (secondary N) is 1. The van der Waals surface area contributed by atoms with Crippen molar-refractivity contribution in [3.8, 4) is 10.4 Å². The summed E-state index contributed by atoms with van der Waals surface area (Å²) in [6, 6.07) is 13.2. The first-order chi connectivity index (χ1) is 14.6. The van der Waals surface area contributed by atoms with Crippen LogP contribution in [-0.4, -0.2) is 30.6 Å². The molecule has 0 spiro atoms. The van der Waals surface area contributed by atoms with Gasteiger partial charge in [-0.1, -0.05) is 42.0 Å². The Kier molecular flexibility index (Phi) is 6.28. The number of hydrogen-bond donors (Lipinski definition) is 3. The molecule has 0 radical (unpaired) electrons. The lowest BCUT2D eigenvalue weighted by Gasteiger charge is -2.10. The monoisotopic (exact) mass is 457 g/mol. The quantitative estimate of drug-likeness (QED) is 0.445. The molecule has 0 aliphatic carbocycles. The third-order valence-electron chi connectivity index (χ3n) is 4.40. The summed E-state index contributed by atoms with van der Waals surface area (Å²) in [4.78, 5) is 22.9. The minimum absolute atomic E-state index is 0.0117. The number of sulfonamides is 1. The van der Waals surface area contributed by atoms with Crippen molar-refractivity contribution in [2.24, 2.45) is 0 Å². The largest absolute Gasteiger partial charge is 0.478 e. The Labute approximate surface area is 183 Å². The first-order valence-electron chi connectivity index (χ1n) is 9.05. The number of thiophene rings is 1. The van der Waals surface area contributed by atoms with Crippen molar-refractivity contribution in [1.29, 1.82) is 0 Å². The van der Waals surface area contributed by atoms with E-state index < -0.39 is 22.0 Å². The number of hydrogen-bond acceptors (Lipinski definition) is 5. The standard InChI is InChI=1S/C22H19NO6S2/c1-13-3-9-19(14(2)11-13)31(28,29)23-17-12-18(30-21(17)22(26)27)16-7-4-15(5-8-16)6-10-20(24)25/h3-12,23H,1-2H3,(H,24,25)(H,26,27). The van der Waals surface area contributed by atoms with E-state index in [9.17, 15) is 23.1 Å². The van der Waals surface area contributed by atoms with Gasteiger partial charge in [0.1, 0.15) is 4.88 Å². The van der Waals surface area contributed by atoms with Crippen LogP contribution in [0.1, 0.15) is 26.4 Å². The highest BCUT2D eigenvalue weighted by Crippen LogP contribution is 2.36. The zero-order valence-corrected chi connectivity index (χ0v) is 18.3. The summed E-state index contributed by atoms with van der Waals surface area (Å²) in [6.45, 7) is 3.53. The maximum absolute atomic E-state index is 12.9. The van der Waals surface area contributed by atoms with Crippen molar-refractivity contribution in [2.75, 3.05) is 4.72 Å². The summed E-state index contributed by atoms with van der Waals surface area (Å²) in [6.07, 6.45) is 2.45. The van der Waals surface area contributed by atoms with Gasteiger partial charge in [-0.2, -0.15) is 0 Å². The van der Waals surface area contributed by atoms with E-state index in [1.54, 1.807) is 43.3 Å². The predicted molar refractivity (Wildman–Crippen MR) is 120 cm³/mol. The number of rotatable bonds is 7. The van der Waals surface area contributed by atoms with Gasteiger partial charge in [-0.05, 0) is 48.7 Å². The topological polar surface area (TPSA) is 121 Å². The fraction of sp³-hybridized carbons (Fsp3) is 0.0909. The van der Waals surface area contributed by atoms with E-state index in [1.165, 1.54) is 18.2 Å². The molecule has 1 aromatic heterocycles. The van der Waals surface area contributed by atoms with Crippen LogP contribution in [-0.2, 0) is 14.8 Å². The molecule has 0 bridgehead atoms. The van der Waals surface area contributed by atoms with Gasteiger partial charge in [0.15, 0.2) is 0 Å². The van der Waals surface area contributed by atoms with Gasteiger partial charge in [0.05, 0.1) is 10.6 Å². The summed E-state index contributed by atoms with van der Waals surface area (Å²) >= 11 is 0.949. The Hall–Kier alpha value is -3.43. The number of carbonyl (C=O) groups is 2. The zero-order valence-electron chi connectivity index (χ0n) is 16.6. The molecular formula is C22H19NO6S2. The molecule has 7 nitrogen and oxygen atoms in total. The molecule has 9 heteroatoms. The van der Waals surface area contributed by atoms with E-state index in [0.29, 0.717) is 21.6 Å². The lowest BCUT2D eigenvalue weighted by Crippen LogP contribution is -2.15. The molecule has 0 amide bonds. The van der Waals surface area contributed by atoms with E-state index in [-0.39, 0.29) is 15.5 Å².